The second kappa shape index (κ2) is 6.57. The molecule has 0 N–H and O–H groups in total. The SMILES string of the molecule is Cl.[GeH4].c1ccc(-c2ccccn2)nc1. The topological polar surface area (TPSA) is 25.8 Å². The molecule has 14 heavy (non-hydrogen) atoms. The largest absolute Gasteiger partial charge is 0.255 e. The van der Waals surface area contributed by atoms with Crippen LogP contribution in [0.25, 0.3) is 11.4 Å². The van der Waals surface area contributed by atoms with Gasteiger partial charge in [0.15, 0.2) is 0 Å². The van der Waals surface area contributed by atoms with Gasteiger partial charge in [0.25, 0.3) is 0 Å². The van der Waals surface area contributed by atoms with E-state index in [0.717, 1.165) is 11.4 Å². The molecule has 74 valence electrons. The number of pyridine rings is 2. The third kappa shape index (κ3) is 3.12. The van der Waals surface area contributed by atoms with E-state index >= 15 is 0 Å². The van der Waals surface area contributed by atoms with Gasteiger partial charge < -0.3 is 0 Å². The van der Waals surface area contributed by atoms with Gasteiger partial charge in [-0.25, -0.2) is 0 Å². The Bertz CT molecular complexity index is 316. The molecule has 2 rings (SSSR count). The maximum Gasteiger partial charge on any atom is 0.0886 e. The minimum absolute atomic E-state index is 0. The number of aromatic nitrogens is 2. The normalized spacial score (nSPS) is 8.29. The number of rotatable bonds is 1. The summed E-state index contributed by atoms with van der Waals surface area (Å²) >= 11 is 0. The number of hydrogen-bond donors (Lipinski definition) is 0. The first-order valence-electron chi connectivity index (χ1n) is 3.79. The van der Waals surface area contributed by atoms with Gasteiger partial charge in [0.2, 0.25) is 0 Å². The summed E-state index contributed by atoms with van der Waals surface area (Å²) in [4.78, 5) is 8.37. The van der Waals surface area contributed by atoms with Crippen molar-refractivity contribution in [3.05, 3.63) is 48.8 Å². The van der Waals surface area contributed by atoms with Gasteiger partial charge >= 0.3 is 17.6 Å². The Balaban J connectivity index is 0.000000845. The zero-order chi connectivity index (χ0) is 8.23. The summed E-state index contributed by atoms with van der Waals surface area (Å²) in [6.07, 6.45) is 3.54. The third-order valence-electron chi connectivity index (χ3n) is 1.59. The van der Waals surface area contributed by atoms with Crippen LogP contribution < -0.4 is 0 Å². The van der Waals surface area contributed by atoms with Gasteiger partial charge in [0, 0.05) is 12.4 Å². The summed E-state index contributed by atoms with van der Waals surface area (Å²) in [7, 11) is 0. The first-order chi connectivity index (χ1) is 5.97. The summed E-state index contributed by atoms with van der Waals surface area (Å²) in [6, 6.07) is 11.6. The van der Waals surface area contributed by atoms with Crippen molar-refractivity contribution >= 4 is 30.0 Å². The predicted octanol–water partition coefficient (Wildman–Crippen LogP) is 1.11. The van der Waals surface area contributed by atoms with Crippen LogP contribution in [0.4, 0.5) is 0 Å². The van der Waals surface area contributed by atoms with Crippen LogP contribution in [0, 0.1) is 0 Å². The van der Waals surface area contributed by atoms with Crippen LogP contribution in [0.15, 0.2) is 48.8 Å². The van der Waals surface area contributed by atoms with E-state index in [4.69, 9.17) is 0 Å². The molecule has 2 aromatic rings. The molecule has 2 aromatic heterocycles. The van der Waals surface area contributed by atoms with E-state index in [0.29, 0.717) is 0 Å². The predicted molar refractivity (Wildman–Crippen MR) is 66.1 cm³/mol. The van der Waals surface area contributed by atoms with E-state index in [1.165, 1.54) is 0 Å². The Morgan fingerprint density at radius 2 is 1.14 bits per heavy atom. The molecule has 2 nitrogen and oxygen atoms in total. The van der Waals surface area contributed by atoms with E-state index in [1.807, 2.05) is 36.4 Å². The van der Waals surface area contributed by atoms with Crippen LogP contribution in [-0.2, 0) is 0 Å². The number of hydrogen-bond acceptors (Lipinski definition) is 2. The molecular formula is C10H13ClGeN2. The molecule has 0 fully saturated rings. The van der Waals surface area contributed by atoms with Crippen LogP contribution in [0.3, 0.4) is 0 Å². The van der Waals surface area contributed by atoms with Crippen molar-refractivity contribution in [3.63, 3.8) is 0 Å². The Morgan fingerprint density at radius 3 is 1.43 bits per heavy atom. The number of nitrogens with zero attached hydrogens (tertiary/aromatic N) is 2. The molecule has 0 aliphatic rings. The molecule has 0 unspecified atom stereocenters. The minimum atomic E-state index is 0. The summed E-state index contributed by atoms with van der Waals surface area (Å²) in [5.74, 6) is 0. The van der Waals surface area contributed by atoms with Crippen molar-refractivity contribution in [2.75, 3.05) is 0 Å². The van der Waals surface area contributed by atoms with Crippen molar-refractivity contribution < 1.29 is 0 Å². The van der Waals surface area contributed by atoms with Gasteiger partial charge in [-0.2, -0.15) is 0 Å². The zero-order valence-electron chi connectivity index (χ0n) is 6.92. The maximum absolute atomic E-state index is 4.19. The zero-order valence-corrected chi connectivity index (χ0v) is 7.74. The fourth-order valence-corrected chi connectivity index (χ4v) is 1.03. The molecule has 0 saturated carbocycles. The van der Waals surface area contributed by atoms with Crippen LogP contribution in [0.2, 0.25) is 0 Å². The van der Waals surface area contributed by atoms with Crippen molar-refractivity contribution in [2.45, 2.75) is 0 Å². The molecule has 0 saturated heterocycles. The van der Waals surface area contributed by atoms with Gasteiger partial charge in [-0.3, -0.25) is 9.97 Å². The quantitative estimate of drug-likeness (QED) is 0.725. The molecule has 0 aliphatic carbocycles. The maximum atomic E-state index is 4.19. The molecular weight excluding hydrogens is 256 g/mol. The Hall–Kier alpha value is -0.867. The van der Waals surface area contributed by atoms with Gasteiger partial charge in [-0.05, 0) is 24.3 Å². The van der Waals surface area contributed by atoms with Gasteiger partial charge in [-0.1, -0.05) is 12.1 Å². The molecule has 0 spiro atoms. The van der Waals surface area contributed by atoms with Crippen LogP contribution in [0.5, 0.6) is 0 Å². The average Bonchev–Trinajstić information content (AvgIpc) is 2.21. The molecule has 0 atom stereocenters. The van der Waals surface area contributed by atoms with Gasteiger partial charge in [0.05, 0.1) is 11.4 Å². The fourth-order valence-electron chi connectivity index (χ4n) is 1.03. The van der Waals surface area contributed by atoms with Crippen LogP contribution in [-0.4, -0.2) is 27.6 Å². The molecule has 0 aliphatic heterocycles. The van der Waals surface area contributed by atoms with E-state index in [-0.39, 0.29) is 30.0 Å². The van der Waals surface area contributed by atoms with E-state index in [9.17, 15) is 0 Å². The molecule has 0 bridgehead atoms. The van der Waals surface area contributed by atoms with Crippen LogP contribution >= 0.6 is 12.4 Å². The van der Waals surface area contributed by atoms with Crippen molar-refractivity contribution in [3.8, 4) is 11.4 Å². The Labute approximate surface area is 100 Å². The summed E-state index contributed by atoms with van der Waals surface area (Å²) in [5, 5.41) is 0. The second-order valence-corrected chi connectivity index (χ2v) is 2.43. The van der Waals surface area contributed by atoms with Crippen LogP contribution in [0.1, 0.15) is 0 Å². The number of halogens is 1. The molecule has 4 heteroatoms. The van der Waals surface area contributed by atoms with Crippen molar-refractivity contribution in [2.24, 2.45) is 0 Å². The monoisotopic (exact) mass is 270 g/mol. The second-order valence-electron chi connectivity index (χ2n) is 2.43. The summed E-state index contributed by atoms with van der Waals surface area (Å²) < 4.78 is 0. The van der Waals surface area contributed by atoms with Crippen molar-refractivity contribution in [1.29, 1.82) is 0 Å². The standard InChI is InChI=1S/C10H8N2.ClH.GeH4/c1-3-7-11-9(5-1)10-6-2-4-8-12-10;;/h1-8H;1H;1H4. The molecule has 2 heterocycles. The summed E-state index contributed by atoms with van der Waals surface area (Å²) in [5.41, 5.74) is 1.83. The molecule has 0 aromatic carbocycles. The van der Waals surface area contributed by atoms with E-state index in [2.05, 4.69) is 9.97 Å². The molecule has 0 amide bonds. The Morgan fingerprint density at radius 1 is 0.714 bits per heavy atom. The molecule has 0 radical (unpaired) electrons. The van der Waals surface area contributed by atoms with Gasteiger partial charge in [-0.15, -0.1) is 12.4 Å². The minimum Gasteiger partial charge on any atom is -0.255 e. The first-order valence-corrected chi connectivity index (χ1v) is 3.79. The van der Waals surface area contributed by atoms with E-state index < -0.39 is 0 Å². The Kier molecular flexibility index (Phi) is 6.16. The van der Waals surface area contributed by atoms with Crippen molar-refractivity contribution in [1.82, 2.24) is 9.97 Å². The summed E-state index contributed by atoms with van der Waals surface area (Å²) in [6.45, 7) is 0. The smallest absolute Gasteiger partial charge is 0.0886 e. The van der Waals surface area contributed by atoms with Gasteiger partial charge in [0.1, 0.15) is 0 Å². The fraction of sp³-hybridized carbons (Fsp3) is 0. The van der Waals surface area contributed by atoms with E-state index in [1.54, 1.807) is 12.4 Å². The first kappa shape index (κ1) is 13.1. The average molecular weight is 269 g/mol. The third-order valence-corrected chi connectivity index (χ3v) is 1.59.